The molecule has 0 radical (unpaired) electrons. The van der Waals surface area contributed by atoms with Gasteiger partial charge in [-0.25, -0.2) is 0 Å². The summed E-state index contributed by atoms with van der Waals surface area (Å²) >= 11 is 0. The average molecular weight is 175 g/mol. The third-order valence-electron chi connectivity index (χ3n) is 2.13. The van der Waals surface area contributed by atoms with Gasteiger partial charge in [-0.1, -0.05) is 42.0 Å². The van der Waals surface area contributed by atoms with Crippen molar-refractivity contribution in [2.45, 2.75) is 19.9 Å². The molecule has 1 aromatic rings. The Bertz CT molecular complexity index is 272. The molecule has 1 atom stereocenters. The van der Waals surface area contributed by atoms with Crippen molar-refractivity contribution in [1.82, 2.24) is 5.32 Å². The smallest absolute Gasteiger partial charge is 0.0503 e. The molecule has 0 saturated heterocycles. The number of nitrogens with one attached hydrogen (secondary N) is 1. The van der Waals surface area contributed by atoms with Crippen LogP contribution in [0.2, 0.25) is 0 Å². The van der Waals surface area contributed by atoms with Crippen molar-refractivity contribution in [1.29, 1.82) is 0 Å². The third-order valence-corrected chi connectivity index (χ3v) is 2.13. The number of hydrogen-bond acceptors (Lipinski definition) is 1. The van der Waals surface area contributed by atoms with Crippen LogP contribution < -0.4 is 5.32 Å². The van der Waals surface area contributed by atoms with E-state index in [-0.39, 0.29) is 0 Å². The molecule has 1 nitrogen and oxygen atoms in total. The molecule has 0 aliphatic carbocycles. The van der Waals surface area contributed by atoms with E-state index in [1.165, 1.54) is 11.1 Å². The first-order valence-electron chi connectivity index (χ1n) is 4.64. The minimum absolute atomic E-state index is 0.339. The van der Waals surface area contributed by atoms with E-state index in [9.17, 15) is 0 Å². The fourth-order valence-corrected chi connectivity index (χ4v) is 1.34. The monoisotopic (exact) mass is 175 g/mol. The van der Waals surface area contributed by atoms with Crippen molar-refractivity contribution in [3.8, 4) is 0 Å². The van der Waals surface area contributed by atoms with Gasteiger partial charge in [0, 0.05) is 0 Å². The molecule has 1 rings (SSSR count). The summed E-state index contributed by atoms with van der Waals surface area (Å²) in [5.41, 5.74) is 2.62. The van der Waals surface area contributed by atoms with E-state index in [0.717, 1.165) is 0 Å². The normalized spacial score (nSPS) is 13.5. The van der Waals surface area contributed by atoms with Gasteiger partial charge in [-0.15, -0.1) is 0 Å². The molecule has 0 saturated carbocycles. The Balaban J connectivity index is 2.85. The van der Waals surface area contributed by atoms with Crippen molar-refractivity contribution < 1.29 is 0 Å². The third kappa shape index (κ3) is 2.71. The lowest BCUT2D eigenvalue weighted by Crippen LogP contribution is -2.13. The van der Waals surface area contributed by atoms with E-state index in [2.05, 4.69) is 48.7 Å². The molecule has 1 heteroatoms. The Labute approximate surface area is 80.5 Å². The molecule has 0 amide bonds. The molecular weight excluding hydrogens is 158 g/mol. The second kappa shape index (κ2) is 4.83. The highest BCUT2D eigenvalue weighted by atomic mass is 14.9. The Morgan fingerprint density at radius 2 is 1.85 bits per heavy atom. The Hall–Kier alpha value is -1.08. The predicted octanol–water partition coefficient (Wildman–Crippen LogP) is 2.83. The molecule has 1 aromatic carbocycles. The van der Waals surface area contributed by atoms with Gasteiger partial charge in [0.2, 0.25) is 0 Å². The Morgan fingerprint density at radius 1 is 1.23 bits per heavy atom. The summed E-state index contributed by atoms with van der Waals surface area (Å²) in [4.78, 5) is 0. The summed E-state index contributed by atoms with van der Waals surface area (Å²) in [5.74, 6) is 0. The summed E-state index contributed by atoms with van der Waals surface area (Å²) in [6.07, 6.45) is 4.23. The predicted molar refractivity (Wildman–Crippen MR) is 57.8 cm³/mol. The van der Waals surface area contributed by atoms with Crippen LogP contribution in [0.4, 0.5) is 0 Å². The molecule has 0 fully saturated rings. The minimum atomic E-state index is 0.339. The number of aryl methyl sites for hydroxylation is 1. The van der Waals surface area contributed by atoms with Crippen LogP contribution >= 0.6 is 0 Å². The molecule has 0 aromatic heterocycles. The maximum Gasteiger partial charge on any atom is 0.0503 e. The molecule has 0 heterocycles. The number of likely N-dealkylation sites (N-methyl/N-ethyl adjacent to an activating group) is 1. The molecule has 1 N–H and O–H groups in total. The molecule has 0 aliphatic heterocycles. The Morgan fingerprint density at radius 3 is 2.31 bits per heavy atom. The SMILES string of the molecule is C/C=C/[C@H](NC)c1ccc(C)cc1. The molecule has 0 aliphatic rings. The van der Waals surface area contributed by atoms with Crippen LogP contribution in [0.15, 0.2) is 36.4 Å². The van der Waals surface area contributed by atoms with Crippen LogP contribution in [0.25, 0.3) is 0 Å². The van der Waals surface area contributed by atoms with Crippen LogP contribution in [0.3, 0.4) is 0 Å². The quantitative estimate of drug-likeness (QED) is 0.696. The first-order chi connectivity index (χ1) is 6.27. The summed E-state index contributed by atoms with van der Waals surface area (Å²) in [6.45, 7) is 4.15. The van der Waals surface area contributed by atoms with Crippen LogP contribution in [-0.4, -0.2) is 7.05 Å². The van der Waals surface area contributed by atoms with Crippen molar-refractivity contribution in [2.24, 2.45) is 0 Å². The molecule has 0 spiro atoms. The molecule has 70 valence electrons. The largest absolute Gasteiger partial charge is 0.310 e. The zero-order chi connectivity index (χ0) is 9.68. The van der Waals surface area contributed by atoms with Gasteiger partial charge in [0.1, 0.15) is 0 Å². The molecular formula is C12H17N. The highest BCUT2D eigenvalue weighted by molar-refractivity contribution is 5.26. The maximum absolute atomic E-state index is 3.25. The summed E-state index contributed by atoms with van der Waals surface area (Å²) in [6, 6.07) is 8.95. The number of hydrogen-bond donors (Lipinski definition) is 1. The van der Waals surface area contributed by atoms with Gasteiger partial charge in [-0.2, -0.15) is 0 Å². The van der Waals surface area contributed by atoms with E-state index < -0.39 is 0 Å². The number of benzene rings is 1. The maximum atomic E-state index is 3.25. The minimum Gasteiger partial charge on any atom is -0.310 e. The van der Waals surface area contributed by atoms with Crippen LogP contribution in [0, 0.1) is 6.92 Å². The van der Waals surface area contributed by atoms with Gasteiger partial charge in [-0.05, 0) is 26.5 Å². The summed E-state index contributed by atoms with van der Waals surface area (Å²) in [7, 11) is 1.98. The van der Waals surface area contributed by atoms with E-state index in [4.69, 9.17) is 0 Å². The van der Waals surface area contributed by atoms with Crippen molar-refractivity contribution in [2.75, 3.05) is 7.05 Å². The topological polar surface area (TPSA) is 12.0 Å². The van der Waals surface area contributed by atoms with Crippen molar-refractivity contribution in [3.05, 3.63) is 47.5 Å². The summed E-state index contributed by atoms with van der Waals surface area (Å²) in [5, 5.41) is 3.25. The average Bonchev–Trinajstić information content (AvgIpc) is 2.16. The van der Waals surface area contributed by atoms with Crippen molar-refractivity contribution >= 4 is 0 Å². The molecule has 13 heavy (non-hydrogen) atoms. The van der Waals surface area contributed by atoms with Gasteiger partial charge in [0.15, 0.2) is 0 Å². The van der Waals surface area contributed by atoms with Crippen LogP contribution in [0.1, 0.15) is 24.1 Å². The lowest BCUT2D eigenvalue weighted by Gasteiger charge is -2.11. The number of rotatable bonds is 3. The molecule has 0 bridgehead atoms. The molecule has 0 unspecified atom stereocenters. The highest BCUT2D eigenvalue weighted by Crippen LogP contribution is 2.14. The highest BCUT2D eigenvalue weighted by Gasteiger charge is 2.02. The van der Waals surface area contributed by atoms with Gasteiger partial charge in [0.05, 0.1) is 6.04 Å². The van der Waals surface area contributed by atoms with Crippen molar-refractivity contribution in [3.63, 3.8) is 0 Å². The second-order valence-corrected chi connectivity index (χ2v) is 3.20. The second-order valence-electron chi connectivity index (χ2n) is 3.20. The van der Waals surface area contributed by atoms with Gasteiger partial charge >= 0.3 is 0 Å². The zero-order valence-electron chi connectivity index (χ0n) is 8.54. The van der Waals surface area contributed by atoms with E-state index in [1.807, 2.05) is 14.0 Å². The van der Waals surface area contributed by atoms with Crippen LogP contribution in [0.5, 0.6) is 0 Å². The van der Waals surface area contributed by atoms with E-state index >= 15 is 0 Å². The standard InChI is InChI=1S/C12H17N/c1-4-5-12(13-3)11-8-6-10(2)7-9-11/h4-9,12-13H,1-3H3/b5-4+/t12-/m0/s1. The van der Waals surface area contributed by atoms with Crippen LogP contribution in [-0.2, 0) is 0 Å². The van der Waals surface area contributed by atoms with E-state index in [1.54, 1.807) is 0 Å². The Kier molecular flexibility index (Phi) is 3.71. The van der Waals surface area contributed by atoms with Gasteiger partial charge in [-0.3, -0.25) is 0 Å². The van der Waals surface area contributed by atoms with Gasteiger partial charge in [0.25, 0.3) is 0 Å². The van der Waals surface area contributed by atoms with E-state index in [0.29, 0.717) is 6.04 Å². The fraction of sp³-hybridized carbons (Fsp3) is 0.333. The fourth-order valence-electron chi connectivity index (χ4n) is 1.34. The first-order valence-corrected chi connectivity index (χ1v) is 4.64. The lowest BCUT2D eigenvalue weighted by molar-refractivity contribution is 0.714. The number of allylic oxidation sites excluding steroid dienone is 1. The lowest BCUT2D eigenvalue weighted by atomic mass is 10.1. The van der Waals surface area contributed by atoms with Gasteiger partial charge < -0.3 is 5.32 Å². The summed E-state index contributed by atoms with van der Waals surface area (Å²) < 4.78 is 0. The first kappa shape index (κ1) is 10.0. The zero-order valence-corrected chi connectivity index (χ0v) is 8.54.